The standard InChI is InChI=1S/C27H17N3/c28-17-19-14-15-24(21(16-19)18-29)30-25-12-6-4-10-22(25)27(20-8-2-1-3-9-20)23-11-5-7-13-26(23)30/h1-16,27H. The topological polar surface area (TPSA) is 50.8 Å². The normalized spacial score (nSPS) is 12.4. The van der Waals surface area contributed by atoms with Crippen LogP contribution in [0.25, 0.3) is 0 Å². The molecule has 0 saturated carbocycles. The summed E-state index contributed by atoms with van der Waals surface area (Å²) in [6.07, 6.45) is 0. The maximum absolute atomic E-state index is 9.81. The lowest BCUT2D eigenvalue weighted by molar-refractivity contribution is 0.938. The molecule has 0 unspecified atom stereocenters. The van der Waals surface area contributed by atoms with Crippen LogP contribution >= 0.6 is 0 Å². The summed E-state index contributed by atoms with van der Waals surface area (Å²) in [4.78, 5) is 2.14. The summed E-state index contributed by atoms with van der Waals surface area (Å²) in [7, 11) is 0. The van der Waals surface area contributed by atoms with Gasteiger partial charge in [0.2, 0.25) is 0 Å². The molecule has 5 rings (SSSR count). The zero-order chi connectivity index (χ0) is 20.5. The molecule has 1 aliphatic rings. The van der Waals surface area contributed by atoms with Gasteiger partial charge in [-0.3, -0.25) is 0 Å². The molecular formula is C27H17N3. The van der Waals surface area contributed by atoms with E-state index < -0.39 is 0 Å². The number of hydrogen-bond donors (Lipinski definition) is 0. The van der Waals surface area contributed by atoms with Crippen molar-refractivity contribution in [3.63, 3.8) is 0 Å². The third-order valence-corrected chi connectivity index (χ3v) is 5.60. The molecule has 140 valence electrons. The highest BCUT2D eigenvalue weighted by molar-refractivity contribution is 5.87. The van der Waals surface area contributed by atoms with E-state index in [4.69, 9.17) is 0 Å². The average Bonchev–Trinajstić information content (AvgIpc) is 2.82. The third kappa shape index (κ3) is 2.73. The average molecular weight is 383 g/mol. The van der Waals surface area contributed by atoms with Crippen LogP contribution in [-0.4, -0.2) is 0 Å². The second-order valence-electron chi connectivity index (χ2n) is 7.25. The fourth-order valence-corrected chi connectivity index (χ4v) is 4.32. The quantitative estimate of drug-likeness (QED) is 0.355. The van der Waals surface area contributed by atoms with Crippen LogP contribution in [0.15, 0.2) is 97.1 Å². The number of para-hydroxylation sites is 2. The van der Waals surface area contributed by atoms with E-state index in [9.17, 15) is 10.5 Å². The van der Waals surface area contributed by atoms with Crippen molar-refractivity contribution in [3.05, 3.63) is 125 Å². The number of anilines is 3. The van der Waals surface area contributed by atoms with Crippen LogP contribution in [-0.2, 0) is 0 Å². The molecule has 0 fully saturated rings. The van der Waals surface area contributed by atoms with E-state index in [-0.39, 0.29) is 5.92 Å². The Morgan fingerprint density at radius 2 is 1.20 bits per heavy atom. The first-order valence-electron chi connectivity index (χ1n) is 9.79. The first-order chi connectivity index (χ1) is 14.8. The molecule has 30 heavy (non-hydrogen) atoms. The Balaban J connectivity index is 1.80. The zero-order valence-corrected chi connectivity index (χ0v) is 16.2. The lowest BCUT2D eigenvalue weighted by Gasteiger charge is -2.38. The van der Waals surface area contributed by atoms with Crippen LogP contribution in [0, 0.1) is 22.7 Å². The molecule has 0 bridgehead atoms. The zero-order valence-electron chi connectivity index (χ0n) is 16.2. The smallest absolute Gasteiger partial charge is 0.101 e. The van der Waals surface area contributed by atoms with Crippen molar-refractivity contribution < 1.29 is 0 Å². The summed E-state index contributed by atoms with van der Waals surface area (Å²) in [5.74, 6) is 0.110. The van der Waals surface area contributed by atoms with Crippen LogP contribution < -0.4 is 4.90 Å². The van der Waals surface area contributed by atoms with E-state index >= 15 is 0 Å². The third-order valence-electron chi connectivity index (χ3n) is 5.60. The lowest BCUT2D eigenvalue weighted by Crippen LogP contribution is -2.22. The lowest BCUT2D eigenvalue weighted by atomic mass is 9.80. The molecule has 1 aliphatic heterocycles. The minimum absolute atomic E-state index is 0.110. The van der Waals surface area contributed by atoms with Crippen LogP contribution in [0.3, 0.4) is 0 Å². The van der Waals surface area contributed by atoms with E-state index in [0.717, 1.165) is 17.1 Å². The molecule has 0 atom stereocenters. The van der Waals surface area contributed by atoms with Gasteiger partial charge in [-0.2, -0.15) is 10.5 Å². The van der Waals surface area contributed by atoms with Gasteiger partial charge in [-0.25, -0.2) is 0 Å². The molecule has 4 aromatic carbocycles. The number of hydrogen-bond acceptors (Lipinski definition) is 3. The first-order valence-corrected chi connectivity index (χ1v) is 9.79. The van der Waals surface area contributed by atoms with Crippen LogP contribution in [0.2, 0.25) is 0 Å². The van der Waals surface area contributed by atoms with Gasteiger partial charge >= 0.3 is 0 Å². The predicted octanol–water partition coefficient (Wildman–Crippen LogP) is 6.39. The summed E-state index contributed by atoms with van der Waals surface area (Å²) < 4.78 is 0. The summed E-state index contributed by atoms with van der Waals surface area (Å²) in [5, 5.41) is 19.1. The maximum atomic E-state index is 9.81. The van der Waals surface area contributed by atoms with Crippen molar-refractivity contribution in [1.82, 2.24) is 0 Å². The Labute approximate surface area is 175 Å². The molecule has 0 aromatic heterocycles. The highest BCUT2D eigenvalue weighted by atomic mass is 15.2. The van der Waals surface area contributed by atoms with Crippen LogP contribution in [0.5, 0.6) is 0 Å². The molecule has 0 radical (unpaired) electrons. The van der Waals surface area contributed by atoms with E-state index in [1.165, 1.54) is 16.7 Å². The van der Waals surface area contributed by atoms with Crippen molar-refractivity contribution in [2.75, 3.05) is 4.90 Å². The highest BCUT2D eigenvalue weighted by Crippen LogP contribution is 2.51. The fraction of sp³-hybridized carbons (Fsp3) is 0.0370. The Kier molecular flexibility index (Phi) is 4.28. The van der Waals surface area contributed by atoms with Crippen LogP contribution in [0.4, 0.5) is 17.1 Å². The van der Waals surface area contributed by atoms with Gasteiger partial charge in [0.05, 0.1) is 34.3 Å². The van der Waals surface area contributed by atoms with Crippen molar-refractivity contribution in [2.45, 2.75) is 5.92 Å². The molecule has 0 spiro atoms. The van der Waals surface area contributed by atoms with Gasteiger partial charge in [-0.05, 0) is 47.0 Å². The van der Waals surface area contributed by atoms with Gasteiger partial charge in [-0.15, -0.1) is 0 Å². The van der Waals surface area contributed by atoms with Crippen molar-refractivity contribution in [2.24, 2.45) is 0 Å². The van der Waals surface area contributed by atoms with Gasteiger partial charge in [0.25, 0.3) is 0 Å². The van der Waals surface area contributed by atoms with Gasteiger partial charge in [-0.1, -0.05) is 66.7 Å². The Bertz CT molecular complexity index is 1280. The largest absolute Gasteiger partial charge is 0.309 e. The Morgan fingerprint density at radius 1 is 0.600 bits per heavy atom. The molecular weight excluding hydrogens is 366 g/mol. The second kappa shape index (κ2) is 7.24. The van der Waals surface area contributed by atoms with Crippen LogP contribution in [0.1, 0.15) is 33.7 Å². The number of benzene rings is 4. The molecule has 0 saturated heterocycles. The van der Waals surface area contributed by atoms with Gasteiger partial charge in [0.1, 0.15) is 6.07 Å². The van der Waals surface area contributed by atoms with Crippen molar-refractivity contribution >= 4 is 17.1 Å². The highest BCUT2D eigenvalue weighted by Gasteiger charge is 2.32. The first kappa shape index (κ1) is 17.7. The van der Waals surface area contributed by atoms with E-state index in [0.29, 0.717) is 11.1 Å². The molecule has 0 N–H and O–H groups in total. The number of rotatable bonds is 2. The van der Waals surface area contributed by atoms with Gasteiger partial charge < -0.3 is 4.90 Å². The van der Waals surface area contributed by atoms with Gasteiger partial charge in [0.15, 0.2) is 0 Å². The minimum Gasteiger partial charge on any atom is -0.309 e. The van der Waals surface area contributed by atoms with Crippen molar-refractivity contribution in [1.29, 1.82) is 10.5 Å². The SMILES string of the molecule is N#Cc1ccc(N2c3ccccc3C(c3ccccc3)c3ccccc32)c(C#N)c1. The predicted molar refractivity (Wildman–Crippen MR) is 118 cm³/mol. The van der Waals surface area contributed by atoms with E-state index in [1.807, 2.05) is 24.3 Å². The number of nitrogens with zero attached hydrogens (tertiary/aromatic N) is 3. The minimum atomic E-state index is 0.110. The fourth-order valence-electron chi connectivity index (χ4n) is 4.32. The number of fused-ring (bicyclic) bond motifs is 2. The Morgan fingerprint density at radius 3 is 1.80 bits per heavy atom. The van der Waals surface area contributed by atoms with Crippen molar-refractivity contribution in [3.8, 4) is 12.1 Å². The van der Waals surface area contributed by atoms with Gasteiger partial charge in [0, 0.05) is 5.92 Å². The monoisotopic (exact) mass is 383 g/mol. The summed E-state index contributed by atoms with van der Waals surface area (Å²) >= 11 is 0. The molecule has 4 aromatic rings. The Hall–Kier alpha value is -4.34. The summed E-state index contributed by atoms with van der Waals surface area (Å²) in [6, 6.07) is 36.9. The molecule has 1 heterocycles. The summed E-state index contributed by atoms with van der Waals surface area (Å²) in [5.41, 5.74) is 7.46. The van der Waals surface area contributed by atoms with E-state index in [2.05, 4.69) is 77.7 Å². The van der Waals surface area contributed by atoms with E-state index in [1.54, 1.807) is 12.1 Å². The maximum Gasteiger partial charge on any atom is 0.101 e. The number of nitriles is 2. The second-order valence-corrected chi connectivity index (χ2v) is 7.25. The molecule has 0 amide bonds. The summed E-state index contributed by atoms with van der Waals surface area (Å²) in [6.45, 7) is 0. The molecule has 3 heteroatoms. The molecule has 0 aliphatic carbocycles. The molecule has 3 nitrogen and oxygen atoms in total.